The van der Waals surface area contributed by atoms with Crippen LogP contribution < -0.4 is 0 Å². The van der Waals surface area contributed by atoms with Gasteiger partial charge in [0, 0.05) is 45.9 Å². The average Bonchev–Trinajstić information content (AvgIpc) is 1.24. The van der Waals surface area contributed by atoms with Gasteiger partial charge in [-0.2, -0.15) is 0 Å². The predicted molar refractivity (Wildman–Crippen MR) is 421 cm³/mol. The third kappa shape index (κ3) is 8.39. The summed E-state index contributed by atoms with van der Waals surface area (Å²) >= 11 is 2.38. The zero-order valence-corrected chi connectivity index (χ0v) is 51.2. The zero-order chi connectivity index (χ0) is 92.5. The quantitative estimate of drug-likeness (QED) is 0.151. The molecule has 0 fully saturated rings. The number of fused-ring (bicyclic) bond motifs is 20. The molecule has 0 amide bonds. The van der Waals surface area contributed by atoms with Gasteiger partial charge in [-0.05, 0) is 182 Å². The average molecular weight is 1280 g/mol. The van der Waals surface area contributed by atoms with Crippen molar-refractivity contribution >= 4 is 171 Å². The Kier molecular flexibility index (Phi) is 7.07. The van der Waals surface area contributed by atoms with E-state index in [9.17, 15) is 17.8 Å². The lowest BCUT2D eigenvalue weighted by molar-refractivity contribution is 1.65. The molecule has 21 rings (SSSR count). The Hall–Kier alpha value is -11.8. The van der Waals surface area contributed by atoms with Crippen molar-refractivity contribution < 1.29 is 46.6 Å². The summed E-state index contributed by atoms with van der Waals surface area (Å²) in [4.78, 5) is 0. The van der Waals surface area contributed by atoms with Crippen LogP contribution in [0.15, 0.2) is 339 Å². The first kappa shape index (κ1) is 31.0. The van der Waals surface area contributed by atoms with Gasteiger partial charge in [0.1, 0.15) is 0 Å². The minimum Gasteiger partial charge on any atom is -0.135 e. The Morgan fingerprint density at radius 2 is 0.656 bits per heavy atom. The highest BCUT2D eigenvalue weighted by Gasteiger charge is 2.24. The zero-order valence-electron chi connectivity index (χ0n) is 83.5. The van der Waals surface area contributed by atoms with Crippen LogP contribution in [0.1, 0.15) is 46.6 Å². The van der Waals surface area contributed by atoms with Crippen molar-refractivity contribution in [2.45, 2.75) is 0 Å². The van der Waals surface area contributed by atoms with Crippen molar-refractivity contribution in [3.63, 3.8) is 0 Å². The summed E-state index contributed by atoms with van der Waals surface area (Å²) in [7, 11) is 0. The van der Waals surface area contributed by atoms with Crippen LogP contribution in [-0.2, 0) is 0 Å². The highest BCUT2D eigenvalue weighted by molar-refractivity contribution is 7.27. The molecule has 0 spiro atoms. The van der Waals surface area contributed by atoms with Gasteiger partial charge in [0.2, 0.25) is 0 Å². The molecule has 0 aliphatic rings. The van der Waals surface area contributed by atoms with Gasteiger partial charge in [-0.25, -0.2) is 0 Å². The molecule has 2 heteroatoms. The number of hydrogen-bond acceptors (Lipinski definition) is 2. The number of hydrogen-bond donors (Lipinski definition) is 0. The van der Waals surface area contributed by atoms with Crippen LogP contribution in [0.4, 0.5) is 0 Å². The van der Waals surface area contributed by atoms with Gasteiger partial charge < -0.3 is 0 Å². The van der Waals surface area contributed by atoms with Crippen molar-refractivity contribution in [2.75, 3.05) is 0 Å². The second-order valence-electron chi connectivity index (χ2n) is 23.0. The maximum Gasteiger partial charge on any atom is 0.0638 e. The van der Waals surface area contributed by atoms with E-state index in [2.05, 4.69) is 66.7 Å². The fourth-order valence-corrected chi connectivity index (χ4v) is 16.4. The molecular weight excluding hydrogens is 1190 g/mol. The van der Waals surface area contributed by atoms with Gasteiger partial charge >= 0.3 is 0 Å². The topological polar surface area (TPSA) is 0 Å². The largest absolute Gasteiger partial charge is 0.135 e. The second kappa shape index (κ2) is 21.9. The van der Waals surface area contributed by atoms with Crippen LogP contribution in [0.2, 0.25) is 0 Å². The van der Waals surface area contributed by atoms with Crippen LogP contribution in [0.5, 0.6) is 0 Å². The summed E-state index contributed by atoms with van der Waals surface area (Å²) in [5.74, 6) is 0. The summed E-state index contributed by atoms with van der Waals surface area (Å²) in [6.07, 6.45) is 0. The third-order valence-corrected chi connectivity index (χ3v) is 20.3. The molecule has 0 saturated heterocycles. The molecule has 0 atom stereocenters. The van der Waals surface area contributed by atoms with E-state index in [0.29, 0.717) is 33.6 Å². The minimum absolute atomic E-state index is 0.199. The molecule has 0 unspecified atom stereocenters. The summed E-state index contributed by atoms with van der Waals surface area (Å²) in [6.45, 7) is 0. The first-order valence-corrected chi connectivity index (χ1v) is 32.0. The Bertz CT molecular complexity index is 8790. The molecule has 0 aliphatic carbocycles. The Morgan fingerprint density at radius 3 is 1.30 bits per heavy atom. The highest BCUT2D eigenvalue weighted by atomic mass is 32.1. The summed E-state index contributed by atoms with van der Waals surface area (Å²) < 4.78 is 310. The number of rotatable bonds is 5. The maximum absolute atomic E-state index is 10.0. The number of benzene rings is 19. The van der Waals surface area contributed by atoms with E-state index in [-0.39, 0.29) is 71.3 Å². The third-order valence-electron chi connectivity index (χ3n) is 18.0. The lowest BCUT2D eigenvalue weighted by atomic mass is 9.84. The van der Waals surface area contributed by atoms with E-state index in [1.54, 1.807) is 11.3 Å². The van der Waals surface area contributed by atoms with Gasteiger partial charge in [0.15, 0.2) is 0 Å². The van der Waals surface area contributed by atoms with Crippen LogP contribution in [0, 0.1) is 0 Å². The molecule has 2 aromatic heterocycles. The highest BCUT2D eigenvalue weighted by Crippen LogP contribution is 2.53. The maximum atomic E-state index is 10.0. The van der Waals surface area contributed by atoms with Crippen LogP contribution in [-0.4, -0.2) is 0 Å². The molecule has 21 aromatic rings. The number of thiophene rings is 2. The van der Waals surface area contributed by atoms with Crippen LogP contribution in [0.25, 0.3) is 204 Å². The van der Waals surface area contributed by atoms with E-state index >= 15 is 0 Å². The van der Waals surface area contributed by atoms with Crippen molar-refractivity contribution in [1.82, 2.24) is 0 Å². The van der Waals surface area contributed by atoms with Crippen LogP contribution >= 0.6 is 22.7 Å². The first-order valence-electron chi connectivity index (χ1n) is 47.4. The van der Waals surface area contributed by atoms with Crippen molar-refractivity contribution in [2.24, 2.45) is 0 Å². The van der Waals surface area contributed by atoms with Crippen LogP contribution in [0.3, 0.4) is 0 Å². The van der Waals surface area contributed by atoms with Crippen molar-refractivity contribution in [3.8, 4) is 55.6 Å². The van der Waals surface area contributed by atoms with E-state index in [0.717, 1.165) is 32.7 Å². The molecule has 96 heavy (non-hydrogen) atoms. The van der Waals surface area contributed by atoms with E-state index in [4.69, 9.17) is 28.8 Å². The molecule has 0 aliphatic heterocycles. The molecule has 0 saturated carbocycles. The van der Waals surface area contributed by atoms with Crippen molar-refractivity contribution in [1.29, 1.82) is 0 Å². The fourth-order valence-electron chi connectivity index (χ4n) is 14.0. The fraction of sp³-hybridized carbons (Fsp3) is 0. The first-order chi connectivity index (χ1) is 61.8. The molecular formula is C94H56S2. The minimum atomic E-state index is -0.955. The summed E-state index contributed by atoms with van der Waals surface area (Å²) in [6, 6.07) is 19.9. The van der Waals surface area contributed by atoms with E-state index < -0.39 is 252 Å². The van der Waals surface area contributed by atoms with Gasteiger partial charge in [-0.15, -0.1) is 22.7 Å². The van der Waals surface area contributed by atoms with E-state index in [1.807, 2.05) is 66.7 Å². The Labute approximate surface area is 609 Å². The molecule has 0 bridgehead atoms. The molecule has 444 valence electrons. The predicted octanol–water partition coefficient (Wildman–Crippen LogP) is 28.0. The summed E-state index contributed by atoms with van der Waals surface area (Å²) in [5.41, 5.74) is 1.42. The lowest BCUT2D eigenvalue weighted by Gasteiger charge is -2.19. The smallest absolute Gasteiger partial charge is 0.0638 e. The molecule has 2 heterocycles. The van der Waals surface area contributed by atoms with Gasteiger partial charge in [0.25, 0.3) is 0 Å². The Balaban J connectivity index is 0.000000165. The van der Waals surface area contributed by atoms with Crippen molar-refractivity contribution in [3.05, 3.63) is 339 Å². The molecule has 0 nitrogen and oxygen atoms in total. The molecule has 19 aromatic carbocycles. The Morgan fingerprint density at radius 1 is 0.208 bits per heavy atom. The monoisotopic (exact) mass is 1280 g/mol. The van der Waals surface area contributed by atoms with Gasteiger partial charge in [-0.1, -0.05) is 315 Å². The van der Waals surface area contributed by atoms with Gasteiger partial charge in [-0.3, -0.25) is 0 Å². The van der Waals surface area contributed by atoms with Gasteiger partial charge in [0.05, 0.1) is 46.6 Å². The standard InChI is InChI=1S/C50H30S.C44H26S/c1-3-15-35-31(12-1)14-11-23-38(35)48-42-21-9-7-19-40(42)47(41-20-8-10-22-43(41)48)34-26-24-33(25-27-34)44-30-46-50(39-18-6-5-17-37(39)44)49-36-16-4-2-13-32(36)28-29-45(49)51-46;1-4-16-30-27(12-1)15-11-23-33(30)40-34-19-7-9-21-36(34)41(37-22-10-8-20-35(37)40)38-26-29-14-3-6-18-32(29)43-42-31-17-5-2-13-28(31)24-25-39(42)45-44(38)43/h1-30H;1-26H/i7D,8D,9D,10D,19D,20D,21D,22D;1D,2D,3D,4D,5D,6D,7D,8D,9D,10D,11D,12D,13D,14D,15D,16D,17D,18D,19D,20D,21D,22D,23D,24D,25D,26D. The molecule has 0 N–H and O–H groups in total. The summed E-state index contributed by atoms with van der Waals surface area (Å²) in [5, 5.41) is 3.55. The molecule has 0 radical (unpaired) electrons. The van der Waals surface area contributed by atoms with E-state index in [1.165, 1.54) is 30.9 Å². The lowest BCUT2D eigenvalue weighted by Crippen LogP contribution is -1.92. The second-order valence-corrected chi connectivity index (χ2v) is 25.1. The normalized spacial score (nSPS) is 16.9. The SMILES string of the molecule is [2H]c1c([2H])c([2H])c2c(-c3c4c([2H])c([2H])c([2H])c([2H])c4c(-c4c([2H])c5c([2H])c([2H])c([2H])c([2H])c5c5c4sc4c([2H])c([2H])c6c([2H])c([2H])c([2H])c([2H])c6c45)c4c([2H])c([2H])c([2H])c([2H])c34)c([2H])c([2H])c([2H])c2c1[2H].[2H]c1c([2H])c([2H])c2c(-c3cccc4ccccc34)c3c([2H])c([2H])c([2H])c([2H])c3c(-c3ccc(-c4cc5sc6ccc7ccccc7c6c5c5ccccc45)cc3)c2c1[2H].